The van der Waals surface area contributed by atoms with E-state index in [-0.39, 0.29) is 35.2 Å². The van der Waals surface area contributed by atoms with Gasteiger partial charge < -0.3 is 4.90 Å². The number of halogens is 1. The van der Waals surface area contributed by atoms with Gasteiger partial charge in [0.25, 0.3) is 11.8 Å². The van der Waals surface area contributed by atoms with E-state index in [0.717, 1.165) is 12.8 Å². The van der Waals surface area contributed by atoms with Crippen molar-refractivity contribution in [3.05, 3.63) is 34.3 Å². The summed E-state index contributed by atoms with van der Waals surface area (Å²) in [7, 11) is 0. The average molecular weight is 349 g/mol. The molecule has 3 rings (SSSR count). The fourth-order valence-electron chi connectivity index (χ4n) is 3.64. The Morgan fingerprint density at radius 3 is 2.58 bits per heavy atom. The molecule has 1 unspecified atom stereocenters. The van der Waals surface area contributed by atoms with Gasteiger partial charge in [-0.25, -0.2) is 0 Å². The number of benzene rings is 1. The van der Waals surface area contributed by atoms with Gasteiger partial charge >= 0.3 is 0 Å². The van der Waals surface area contributed by atoms with E-state index in [1.807, 2.05) is 13.8 Å². The molecule has 5 nitrogen and oxygen atoms in total. The lowest BCUT2D eigenvalue weighted by molar-refractivity contribution is -0.134. The molecule has 0 N–H and O–H groups in total. The molecule has 128 valence electrons. The molecule has 1 aromatic rings. The lowest BCUT2D eigenvalue weighted by atomic mass is 10.0. The number of hydrogen-bond acceptors (Lipinski definition) is 3. The Labute approximate surface area is 146 Å². The molecule has 2 aliphatic rings. The Hall–Kier alpha value is -1.88. The van der Waals surface area contributed by atoms with Crippen molar-refractivity contribution in [1.29, 1.82) is 0 Å². The Morgan fingerprint density at radius 2 is 1.96 bits per heavy atom. The maximum Gasteiger partial charge on any atom is 0.263 e. The highest BCUT2D eigenvalue weighted by molar-refractivity contribution is 6.37. The van der Waals surface area contributed by atoms with Gasteiger partial charge in [-0.3, -0.25) is 19.3 Å². The molecule has 2 aliphatic heterocycles. The van der Waals surface area contributed by atoms with Gasteiger partial charge in [0.15, 0.2) is 0 Å². The molecule has 0 aliphatic carbocycles. The average Bonchev–Trinajstić information content (AvgIpc) is 3.13. The first-order valence-electron chi connectivity index (χ1n) is 8.44. The van der Waals surface area contributed by atoms with Crippen molar-refractivity contribution in [2.45, 2.75) is 39.2 Å². The number of hydrogen-bond donors (Lipinski definition) is 0. The first-order valence-corrected chi connectivity index (χ1v) is 8.82. The van der Waals surface area contributed by atoms with Crippen LogP contribution in [0.3, 0.4) is 0 Å². The molecule has 24 heavy (non-hydrogen) atoms. The molecule has 1 atom stereocenters. The van der Waals surface area contributed by atoms with Crippen LogP contribution in [-0.2, 0) is 4.79 Å². The van der Waals surface area contributed by atoms with Crippen molar-refractivity contribution < 1.29 is 14.4 Å². The van der Waals surface area contributed by atoms with Gasteiger partial charge in [-0.1, -0.05) is 31.5 Å². The third-order valence-electron chi connectivity index (χ3n) is 5.07. The van der Waals surface area contributed by atoms with Crippen LogP contribution in [0.1, 0.15) is 53.8 Å². The summed E-state index contributed by atoms with van der Waals surface area (Å²) < 4.78 is 0. The van der Waals surface area contributed by atoms with E-state index >= 15 is 0 Å². The number of fused-ring (bicyclic) bond motifs is 1. The Morgan fingerprint density at radius 1 is 1.25 bits per heavy atom. The second-order valence-electron chi connectivity index (χ2n) is 6.38. The Kier molecular flexibility index (Phi) is 4.63. The molecule has 6 heteroatoms. The summed E-state index contributed by atoms with van der Waals surface area (Å²) in [6, 6.07) is 4.65. The third-order valence-corrected chi connectivity index (χ3v) is 5.39. The Bertz CT molecular complexity index is 700. The van der Waals surface area contributed by atoms with Crippen molar-refractivity contribution in [1.82, 2.24) is 9.80 Å². The summed E-state index contributed by atoms with van der Waals surface area (Å²) in [5, 5.41) is 0.302. The lowest BCUT2D eigenvalue weighted by Gasteiger charge is -2.24. The summed E-state index contributed by atoms with van der Waals surface area (Å²) in [6.07, 6.45) is 2.23. The van der Waals surface area contributed by atoms with Crippen molar-refractivity contribution in [2.75, 3.05) is 13.1 Å². The van der Waals surface area contributed by atoms with Gasteiger partial charge in [-0.2, -0.15) is 0 Å². The molecule has 0 saturated carbocycles. The smallest absolute Gasteiger partial charge is 0.263 e. The number of rotatable bonds is 4. The number of likely N-dealkylation sites (tertiary alicyclic amines) is 1. The summed E-state index contributed by atoms with van der Waals surface area (Å²) in [5.41, 5.74) is 0.645. The Balaban J connectivity index is 1.78. The fraction of sp³-hybridized carbons (Fsp3) is 0.500. The maximum atomic E-state index is 12.7. The number of carbonyl (C=O) groups is 3. The first kappa shape index (κ1) is 17.0. The van der Waals surface area contributed by atoms with Crippen molar-refractivity contribution in [3.8, 4) is 0 Å². The highest BCUT2D eigenvalue weighted by atomic mass is 35.5. The number of imide groups is 1. The molecule has 0 aromatic heterocycles. The largest absolute Gasteiger partial charge is 0.340 e. The minimum atomic E-state index is -0.345. The van der Waals surface area contributed by atoms with Gasteiger partial charge in [0.2, 0.25) is 5.91 Å². The van der Waals surface area contributed by atoms with Gasteiger partial charge in [-0.05, 0) is 31.4 Å². The van der Waals surface area contributed by atoms with Crippen LogP contribution in [0.2, 0.25) is 5.02 Å². The van der Waals surface area contributed by atoms with Gasteiger partial charge in [-0.15, -0.1) is 0 Å². The zero-order chi connectivity index (χ0) is 17.4. The second-order valence-corrected chi connectivity index (χ2v) is 6.79. The highest BCUT2D eigenvalue weighted by Crippen LogP contribution is 2.32. The van der Waals surface area contributed by atoms with E-state index in [9.17, 15) is 14.4 Å². The molecule has 1 fully saturated rings. The zero-order valence-electron chi connectivity index (χ0n) is 13.9. The van der Waals surface area contributed by atoms with Crippen LogP contribution in [0, 0.1) is 5.92 Å². The van der Waals surface area contributed by atoms with Crippen LogP contribution in [0.4, 0.5) is 0 Å². The predicted molar refractivity (Wildman–Crippen MR) is 91.0 cm³/mol. The summed E-state index contributed by atoms with van der Waals surface area (Å²) >= 11 is 6.10. The lowest BCUT2D eigenvalue weighted by Crippen LogP contribution is -2.43. The number of nitrogens with zero attached hydrogens (tertiary/aromatic N) is 2. The van der Waals surface area contributed by atoms with Crippen LogP contribution in [0.5, 0.6) is 0 Å². The summed E-state index contributed by atoms with van der Waals surface area (Å²) in [6.45, 7) is 5.01. The van der Waals surface area contributed by atoms with Crippen molar-refractivity contribution in [2.24, 2.45) is 5.92 Å². The normalized spacial score (nSPS) is 20.2. The number of carbonyl (C=O) groups excluding carboxylic acids is 3. The van der Waals surface area contributed by atoms with Gasteiger partial charge in [0, 0.05) is 19.0 Å². The van der Waals surface area contributed by atoms with Gasteiger partial charge in [0.1, 0.15) is 0 Å². The van der Waals surface area contributed by atoms with Crippen LogP contribution < -0.4 is 0 Å². The molecule has 2 heterocycles. The van der Waals surface area contributed by atoms with E-state index in [0.29, 0.717) is 30.1 Å². The van der Waals surface area contributed by atoms with Crippen LogP contribution in [0.15, 0.2) is 18.2 Å². The van der Waals surface area contributed by atoms with E-state index < -0.39 is 0 Å². The van der Waals surface area contributed by atoms with Gasteiger partial charge in [0.05, 0.1) is 22.2 Å². The molecule has 1 saturated heterocycles. The predicted octanol–water partition coefficient (Wildman–Crippen LogP) is 2.97. The van der Waals surface area contributed by atoms with E-state index in [1.54, 1.807) is 23.1 Å². The van der Waals surface area contributed by atoms with E-state index in [4.69, 9.17) is 11.6 Å². The summed E-state index contributed by atoms with van der Waals surface area (Å²) in [5.74, 6) is -0.515. The standard InChI is InChI=1S/C18H21ClN2O3/c1-3-11(4-2)16(22)20-9-8-12(10-20)21-17(23)13-6-5-7-14(19)15(13)18(21)24/h5-7,11-12H,3-4,8-10H2,1-2H3. The fourth-order valence-corrected chi connectivity index (χ4v) is 3.90. The maximum absolute atomic E-state index is 12.7. The number of amides is 3. The summed E-state index contributed by atoms with van der Waals surface area (Å²) in [4.78, 5) is 40.9. The van der Waals surface area contributed by atoms with E-state index in [2.05, 4.69) is 0 Å². The second kappa shape index (κ2) is 6.55. The molecule has 0 radical (unpaired) electrons. The zero-order valence-corrected chi connectivity index (χ0v) is 14.7. The third kappa shape index (κ3) is 2.61. The monoisotopic (exact) mass is 348 g/mol. The molecule has 0 spiro atoms. The van der Waals surface area contributed by atoms with E-state index in [1.165, 1.54) is 4.90 Å². The molecular weight excluding hydrogens is 328 g/mol. The quantitative estimate of drug-likeness (QED) is 0.786. The minimum absolute atomic E-state index is 0.0142. The SMILES string of the molecule is CCC(CC)C(=O)N1CCC(N2C(=O)c3cccc(Cl)c3C2=O)C1. The molecule has 0 bridgehead atoms. The highest BCUT2D eigenvalue weighted by Gasteiger charge is 2.44. The minimum Gasteiger partial charge on any atom is -0.340 e. The topological polar surface area (TPSA) is 57.7 Å². The molecule has 3 amide bonds. The van der Waals surface area contributed by atoms with Crippen LogP contribution in [-0.4, -0.2) is 46.7 Å². The van der Waals surface area contributed by atoms with Crippen molar-refractivity contribution >= 4 is 29.3 Å². The van der Waals surface area contributed by atoms with Crippen molar-refractivity contribution in [3.63, 3.8) is 0 Å². The molecule has 1 aromatic carbocycles. The first-order chi connectivity index (χ1) is 11.5. The molecular formula is C18H21ClN2O3. The van der Waals surface area contributed by atoms with Crippen LogP contribution >= 0.6 is 11.6 Å². The van der Waals surface area contributed by atoms with Crippen LogP contribution in [0.25, 0.3) is 0 Å².